The molecule has 0 fully saturated rings. The second-order valence-corrected chi connectivity index (χ2v) is 3.04. The first-order chi connectivity index (χ1) is 7.11. The van der Waals surface area contributed by atoms with E-state index in [1.54, 1.807) is 18.9 Å². The smallest absolute Gasteiger partial charge is 0.375 e. The third-order valence-electron chi connectivity index (χ3n) is 1.57. The van der Waals surface area contributed by atoms with Crippen LogP contribution in [0.25, 0.3) is 0 Å². The highest BCUT2D eigenvalue weighted by atomic mass is 32.1. The summed E-state index contributed by atoms with van der Waals surface area (Å²) in [5, 5.41) is 2.22. The zero-order valence-corrected chi connectivity index (χ0v) is 9.67. The normalized spacial score (nSPS) is 9.53. The van der Waals surface area contributed by atoms with Gasteiger partial charge in [-0.25, -0.2) is 9.79 Å². The molecular weight excluding hydrogens is 216 g/mol. The van der Waals surface area contributed by atoms with E-state index in [9.17, 15) is 9.59 Å². The molecule has 0 aliphatic heterocycles. The number of ketones is 1. The summed E-state index contributed by atoms with van der Waals surface area (Å²) in [5.41, 5.74) is 0. The van der Waals surface area contributed by atoms with Crippen molar-refractivity contribution >= 4 is 29.1 Å². The maximum atomic E-state index is 11.2. The first-order valence-electron chi connectivity index (χ1n) is 4.54. The standard InChI is InChI=1S/C9H14N2O3S/c1-3-14-9(13)8(12)6-11(2)5-4-10-7-15/h3-6H2,1-2H3. The van der Waals surface area contributed by atoms with Crippen LogP contribution < -0.4 is 0 Å². The molecule has 0 aliphatic rings. The highest BCUT2D eigenvalue weighted by Gasteiger charge is 2.16. The second-order valence-electron chi connectivity index (χ2n) is 2.85. The Hall–Kier alpha value is -1.10. The molecular formula is C9H14N2O3S. The molecule has 0 saturated carbocycles. The Morgan fingerprint density at radius 3 is 2.73 bits per heavy atom. The van der Waals surface area contributed by atoms with Crippen LogP contribution in [0.5, 0.6) is 0 Å². The largest absolute Gasteiger partial charge is 0.460 e. The van der Waals surface area contributed by atoms with Crippen molar-refractivity contribution in [2.75, 3.05) is 33.3 Å². The lowest BCUT2D eigenvalue weighted by atomic mass is 10.3. The molecule has 0 aromatic heterocycles. The molecule has 84 valence electrons. The Bertz CT molecular complexity index is 275. The van der Waals surface area contributed by atoms with Crippen molar-refractivity contribution in [1.82, 2.24) is 4.90 Å². The summed E-state index contributed by atoms with van der Waals surface area (Å²) in [7, 11) is 1.72. The van der Waals surface area contributed by atoms with Crippen LogP contribution in [0.15, 0.2) is 4.99 Å². The van der Waals surface area contributed by atoms with Gasteiger partial charge in [0.1, 0.15) is 0 Å². The van der Waals surface area contributed by atoms with Gasteiger partial charge in [-0.1, -0.05) is 0 Å². The average molecular weight is 230 g/mol. The van der Waals surface area contributed by atoms with Gasteiger partial charge in [0, 0.05) is 6.54 Å². The Kier molecular flexibility index (Phi) is 7.62. The number of Topliss-reactive ketones (excluding diaryl/α,β-unsaturated/α-hetero) is 1. The number of likely N-dealkylation sites (N-methyl/N-ethyl adjacent to an activating group) is 1. The summed E-state index contributed by atoms with van der Waals surface area (Å²) in [6.45, 7) is 2.92. The molecule has 5 nitrogen and oxygen atoms in total. The third-order valence-corrected chi connectivity index (χ3v) is 1.70. The SMILES string of the molecule is CCOC(=O)C(=O)CN(C)CCN=C=S. The molecule has 0 heterocycles. The molecule has 0 amide bonds. The minimum Gasteiger partial charge on any atom is -0.460 e. The lowest BCUT2D eigenvalue weighted by molar-refractivity contribution is -0.153. The predicted molar refractivity (Wildman–Crippen MR) is 59.0 cm³/mol. The Morgan fingerprint density at radius 2 is 2.20 bits per heavy atom. The fraction of sp³-hybridized carbons (Fsp3) is 0.667. The number of aliphatic imine (C=N–C) groups is 1. The van der Waals surface area contributed by atoms with E-state index in [4.69, 9.17) is 0 Å². The topological polar surface area (TPSA) is 59.0 Å². The average Bonchev–Trinajstić information content (AvgIpc) is 2.18. The molecule has 6 heteroatoms. The highest BCUT2D eigenvalue weighted by Crippen LogP contribution is 1.87. The molecule has 0 bridgehead atoms. The van der Waals surface area contributed by atoms with Gasteiger partial charge in [-0.05, 0) is 26.2 Å². The number of ether oxygens (including phenoxy) is 1. The lowest BCUT2D eigenvalue weighted by Gasteiger charge is -2.12. The zero-order valence-electron chi connectivity index (χ0n) is 8.86. The number of rotatable bonds is 7. The molecule has 15 heavy (non-hydrogen) atoms. The van der Waals surface area contributed by atoms with Gasteiger partial charge in [0.05, 0.1) is 24.9 Å². The number of hydrogen-bond acceptors (Lipinski definition) is 6. The minimum absolute atomic E-state index is 0.0335. The molecule has 0 N–H and O–H groups in total. The van der Waals surface area contributed by atoms with Crippen LogP contribution in [-0.2, 0) is 14.3 Å². The van der Waals surface area contributed by atoms with Gasteiger partial charge >= 0.3 is 5.97 Å². The van der Waals surface area contributed by atoms with E-state index in [1.807, 2.05) is 0 Å². The molecule has 0 aromatic carbocycles. The van der Waals surface area contributed by atoms with E-state index in [-0.39, 0.29) is 13.2 Å². The highest BCUT2D eigenvalue weighted by molar-refractivity contribution is 7.78. The van der Waals surface area contributed by atoms with Crippen molar-refractivity contribution in [3.8, 4) is 0 Å². The van der Waals surface area contributed by atoms with Crippen LogP contribution in [-0.4, -0.2) is 55.1 Å². The quantitative estimate of drug-likeness (QED) is 0.270. The summed E-state index contributed by atoms with van der Waals surface area (Å²) < 4.78 is 4.56. The summed E-state index contributed by atoms with van der Waals surface area (Å²) in [6, 6.07) is 0. The first-order valence-corrected chi connectivity index (χ1v) is 4.94. The zero-order chi connectivity index (χ0) is 11.7. The molecule has 0 unspecified atom stereocenters. The number of carbonyl (C=O) groups is 2. The van der Waals surface area contributed by atoms with Crippen LogP contribution in [0.2, 0.25) is 0 Å². The lowest BCUT2D eigenvalue weighted by Crippen LogP contribution is -2.33. The van der Waals surface area contributed by atoms with Gasteiger partial charge in [0.2, 0.25) is 0 Å². The summed E-state index contributed by atoms with van der Waals surface area (Å²) in [5.74, 6) is -1.34. The maximum Gasteiger partial charge on any atom is 0.375 e. The minimum atomic E-state index is -0.789. The first kappa shape index (κ1) is 13.9. The second kappa shape index (κ2) is 8.23. The third kappa shape index (κ3) is 6.90. The van der Waals surface area contributed by atoms with E-state index in [0.717, 1.165) is 0 Å². The Balaban J connectivity index is 3.84. The van der Waals surface area contributed by atoms with Gasteiger partial charge in [0.25, 0.3) is 5.78 Å². The van der Waals surface area contributed by atoms with Crippen LogP contribution in [0.1, 0.15) is 6.92 Å². The molecule has 0 spiro atoms. The molecule has 0 saturated heterocycles. The Labute approximate surface area is 94.1 Å². The van der Waals surface area contributed by atoms with E-state index in [0.29, 0.717) is 13.1 Å². The van der Waals surface area contributed by atoms with Gasteiger partial charge in [-0.2, -0.15) is 0 Å². The summed E-state index contributed by atoms with van der Waals surface area (Å²) in [4.78, 5) is 27.5. The number of hydrogen-bond donors (Lipinski definition) is 0. The van der Waals surface area contributed by atoms with Crippen LogP contribution in [0.4, 0.5) is 0 Å². The van der Waals surface area contributed by atoms with Gasteiger partial charge in [-0.3, -0.25) is 9.69 Å². The molecule has 0 rings (SSSR count). The number of isothiocyanates is 1. The molecule has 0 aliphatic carbocycles. The van der Waals surface area contributed by atoms with E-state index in [1.165, 1.54) is 0 Å². The number of esters is 1. The van der Waals surface area contributed by atoms with E-state index >= 15 is 0 Å². The monoisotopic (exact) mass is 230 g/mol. The fourth-order valence-corrected chi connectivity index (χ4v) is 0.958. The van der Waals surface area contributed by atoms with E-state index < -0.39 is 11.8 Å². The molecule has 0 aromatic rings. The summed E-state index contributed by atoms with van der Waals surface area (Å²) >= 11 is 4.39. The number of carbonyl (C=O) groups excluding carboxylic acids is 2. The van der Waals surface area contributed by atoms with Crippen molar-refractivity contribution in [2.24, 2.45) is 4.99 Å². The number of thiocarbonyl (C=S) groups is 1. The molecule has 0 radical (unpaired) electrons. The maximum absolute atomic E-state index is 11.2. The molecule has 0 atom stereocenters. The summed E-state index contributed by atoms with van der Waals surface area (Å²) in [6.07, 6.45) is 0. The number of nitrogens with zero attached hydrogens (tertiary/aromatic N) is 2. The Morgan fingerprint density at radius 1 is 1.53 bits per heavy atom. The predicted octanol–water partition coefficient (Wildman–Crippen LogP) is 0.153. The van der Waals surface area contributed by atoms with Gasteiger partial charge < -0.3 is 4.74 Å². The van der Waals surface area contributed by atoms with Gasteiger partial charge in [0.15, 0.2) is 0 Å². The van der Waals surface area contributed by atoms with Crippen molar-refractivity contribution in [3.05, 3.63) is 0 Å². The van der Waals surface area contributed by atoms with Gasteiger partial charge in [-0.15, -0.1) is 0 Å². The van der Waals surface area contributed by atoms with Crippen molar-refractivity contribution < 1.29 is 14.3 Å². The van der Waals surface area contributed by atoms with Crippen molar-refractivity contribution in [1.29, 1.82) is 0 Å². The van der Waals surface area contributed by atoms with Crippen LogP contribution in [0.3, 0.4) is 0 Å². The van der Waals surface area contributed by atoms with Crippen LogP contribution >= 0.6 is 12.2 Å². The fourth-order valence-electron chi connectivity index (χ4n) is 0.867. The van der Waals surface area contributed by atoms with Crippen molar-refractivity contribution in [2.45, 2.75) is 6.92 Å². The van der Waals surface area contributed by atoms with E-state index in [2.05, 4.69) is 27.1 Å². The van der Waals surface area contributed by atoms with Crippen LogP contribution in [0, 0.1) is 0 Å². The van der Waals surface area contributed by atoms with Crippen molar-refractivity contribution in [3.63, 3.8) is 0 Å².